The highest BCUT2D eigenvalue weighted by Gasteiger charge is 2.36. The van der Waals surface area contributed by atoms with Crippen LogP contribution in [0, 0.1) is 6.92 Å². The third-order valence-electron chi connectivity index (χ3n) is 8.30. The zero-order valence-electron chi connectivity index (χ0n) is 25.9. The van der Waals surface area contributed by atoms with Gasteiger partial charge in [-0.25, -0.2) is 8.42 Å². The molecule has 47 heavy (non-hydrogen) atoms. The molecule has 5 rings (SSSR count). The molecule has 1 saturated carbocycles. The van der Waals surface area contributed by atoms with Crippen molar-refractivity contribution in [3.63, 3.8) is 0 Å². The molecule has 7 nitrogen and oxygen atoms in total. The fourth-order valence-corrected chi connectivity index (χ4v) is 7.80. The highest BCUT2D eigenvalue weighted by molar-refractivity contribution is 7.92. The summed E-state index contributed by atoms with van der Waals surface area (Å²) in [7, 11) is -4.24. The topological polar surface area (TPSA) is 86.8 Å². The molecule has 1 aliphatic carbocycles. The lowest BCUT2D eigenvalue weighted by Crippen LogP contribution is -2.54. The number of rotatable bonds is 12. The number of amides is 2. The van der Waals surface area contributed by atoms with E-state index < -0.39 is 28.5 Å². The third kappa shape index (κ3) is 8.87. The summed E-state index contributed by atoms with van der Waals surface area (Å²) in [5.41, 5.74) is 2.55. The Morgan fingerprint density at radius 1 is 0.851 bits per heavy atom. The number of hydrogen-bond donors (Lipinski definition) is 1. The molecule has 0 aromatic heterocycles. The summed E-state index contributed by atoms with van der Waals surface area (Å²) < 4.78 is 29.5. The molecule has 0 spiro atoms. The lowest BCUT2D eigenvalue weighted by Gasteiger charge is -2.34. The van der Waals surface area contributed by atoms with E-state index in [4.69, 9.17) is 34.8 Å². The number of hydrogen-bond acceptors (Lipinski definition) is 4. The van der Waals surface area contributed by atoms with Gasteiger partial charge in [-0.05, 0) is 85.0 Å². The van der Waals surface area contributed by atoms with E-state index in [0.29, 0.717) is 26.3 Å². The van der Waals surface area contributed by atoms with E-state index in [1.54, 1.807) is 36.4 Å². The van der Waals surface area contributed by atoms with Crippen molar-refractivity contribution < 1.29 is 18.0 Å². The molecule has 1 atom stereocenters. The Kier molecular flexibility index (Phi) is 11.5. The van der Waals surface area contributed by atoms with Gasteiger partial charge in [-0.2, -0.15) is 0 Å². The molecular formula is C36H36Cl3N3O4S. The molecule has 0 saturated heterocycles. The Balaban J connectivity index is 1.58. The van der Waals surface area contributed by atoms with Crippen molar-refractivity contribution in [1.29, 1.82) is 0 Å². The zero-order chi connectivity index (χ0) is 33.6. The number of carbonyl (C=O) groups excluding carboxylic acids is 2. The standard InChI is InChI=1S/C36H36Cl3N3O4S/c1-25-8-7-13-31(20-25)42(47(45,46)32-18-16-28(37)17-19-32)24-35(43)41(23-27-14-15-29(38)22-33(27)39)34(21-26-9-3-2-4-10-26)36(44)40-30-11-5-6-12-30/h2-4,7-10,13-20,22,30,34H,5-6,11-12,21,23-24H2,1H3,(H,40,44)/t34-/m1/s1. The number of benzene rings is 4. The second kappa shape index (κ2) is 15.6. The number of nitrogens with one attached hydrogen (secondary N) is 1. The lowest BCUT2D eigenvalue weighted by atomic mass is 10.0. The number of halogens is 3. The zero-order valence-corrected chi connectivity index (χ0v) is 29.0. The van der Waals surface area contributed by atoms with Gasteiger partial charge in [0.1, 0.15) is 12.6 Å². The Labute approximate surface area is 291 Å². The number of nitrogens with zero attached hydrogens (tertiary/aromatic N) is 2. The number of carbonyl (C=O) groups is 2. The van der Waals surface area contributed by atoms with Crippen LogP contribution in [-0.2, 0) is 32.6 Å². The van der Waals surface area contributed by atoms with Gasteiger partial charge in [0.15, 0.2) is 0 Å². The minimum Gasteiger partial charge on any atom is -0.352 e. The summed E-state index contributed by atoms with van der Waals surface area (Å²) in [6.45, 7) is 1.23. The Bertz CT molecular complexity index is 1820. The predicted octanol–water partition coefficient (Wildman–Crippen LogP) is 7.85. The Hall–Kier alpha value is -3.56. The summed E-state index contributed by atoms with van der Waals surface area (Å²) in [6, 6.07) is 26.2. The van der Waals surface area contributed by atoms with Crippen LogP contribution in [0.25, 0.3) is 0 Å². The molecule has 1 fully saturated rings. The maximum atomic E-state index is 14.6. The SMILES string of the molecule is Cc1cccc(N(CC(=O)N(Cc2ccc(Cl)cc2Cl)[C@H](Cc2ccccc2)C(=O)NC2CCCC2)S(=O)(=O)c2ccc(Cl)cc2)c1. The Morgan fingerprint density at radius 3 is 2.19 bits per heavy atom. The molecule has 0 aliphatic heterocycles. The average molecular weight is 713 g/mol. The fourth-order valence-electron chi connectivity index (χ4n) is 5.80. The van der Waals surface area contributed by atoms with Crippen LogP contribution in [0.2, 0.25) is 15.1 Å². The van der Waals surface area contributed by atoms with Gasteiger partial charge in [-0.3, -0.25) is 13.9 Å². The molecule has 1 aliphatic rings. The average Bonchev–Trinajstić information content (AvgIpc) is 3.56. The van der Waals surface area contributed by atoms with Gasteiger partial charge in [0.2, 0.25) is 11.8 Å². The van der Waals surface area contributed by atoms with E-state index in [-0.39, 0.29) is 29.8 Å². The van der Waals surface area contributed by atoms with Crippen LogP contribution >= 0.6 is 34.8 Å². The van der Waals surface area contributed by atoms with E-state index in [9.17, 15) is 18.0 Å². The molecule has 2 amide bonds. The van der Waals surface area contributed by atoms with Gasteiger partial charge in [0, 0.05) is 34.1 Å². The van der Waals surface area contributed by atoms with E-state index in [1.807, 2.05) is 43.3 Å². The van der Waals surface area contributed by atoms with Crippen LogP contribution in [0.3, 0.4) is 0 Å². The molecular weight excluding hydrogens is 677 g/mol. The first-order valence-electron chi connectivity index (χ1n) is 15.4. The molecule has 4 aromatic rings. The predicted molar refractivity (Wildman–Crippen MR) is 189 cm³/mol. The number of sulfonamides is 1. The maximum absolute atomic E-state index is 14.6. The molecule has 0 heterocycles. The van der Waals surface area contributed by atoms with Gasteiger partial charge in [-0.15, -0.1) is 0 Å². The smallest absolute Gasteiger partial charge is 0.264 e. The van der Waals surface area contributed by atoms with E-state index in [2.05, 4.69) is 5.32 Å². The van der Waals surface area contributed by atoms with Crippen molar-refractivity contribution in [2.45, 2.75) is 62.6 Å². The normalized spacial score (nSPS) is 14.0. The van der Waals surface area contributed by atoms with Crippen molar-refractivity contribution in [2.24, 2.45) is 0 Å². The van der Waals surface area contributed by atoms with Crippen LogP contribution in [0.5, 0.6) is 0 Å². The van der Waals surface area contributed by atoms with E-state index in [1.165, 1.54) is 29.2 Å². The highest BCUT2D eigenvalue weighted by Crippen LogP contribution is 2.28. The van der Waals surface area contributed by atoms with Crippen LogP contribution in [0.1, 0.15) is 42.4 Å². The Morgan fingerprint density at radius 2 is 1.53 bits per heavy atom. The van der Waals surface area contributed by atoms with Crippen molar-refractivity contribution in [2.75, 3.05) is 10.8 Å². The van der Waals surface area contributed by atoms with Gasteiger partial charge in [0.25, 0.3) is 10.0 Å². The quantitative estimate of drug-likeness (QED) is 0.162. The molecule has 246 valence electrons. The second-order valence-electron chi connectivity index (χ2n) is 11.8. The van der Waals surface area contributed by atoms with Crippen molar-refractivity contribution in [3.8, 4) is 0 Å². The van der Waals surface area contributed by atoms with Crippen molar-refractivity contribution >= 4 is 62.3 Å². The first-order chi connectivity index (χ1) is 22.5. The largest absolute Gasteiger partial charge is 0.352 e. The number of anilines is 1. The van der Waals surface area contributed by atoms with Crippen LogP contribution < -0.4 is 9.62 Å². The molecule has 0 radical (unpaired) electrons. The van der Waals surface area contributed by atoms with E-state index >= 15 is 0 Å². The first-order valence-corrected chi connectivity index (χ1v) is 18.0. The second-order valence-corrected chi connectivity index (χ2v) is 14.9. The fraction of sp³-hybridized carbons (Fsp3) is 0.278. The van der Waals surface area contributed by atoms with Gasteiger partial charge >= 0.3 is 0 Å². The molecule has 11 heteroatoms. The van der Waals surface area contributed by atoms with Gasteiger partial charge in [0.05, 0.1) is 10.6 Å². The van der Waals surface area contributed by atoms with Gasteiger partial charge in [-0.1, -0.05) is 96.2 Å². The summed E-state index contributed by atoms with van der Waals surface area (Å²) in [5, 5.41) is 4.30. The van der Waals surface area contributed by atoms with Crippen molar-refractivity contribution in [3.05, 3.63) is 129 Å². The molecule has 4 aromatic carbocycles. The highest BCUT2D eigenvalue weighted by atomic mass is 35.5. The lowest BCUT2D eigenvalue weighted by molar-refractivity contribution is -0.140. The van der Waals surface area contributed by atoms with Crippen LogP contribution in [-0.4, -0.2) is 43.8 Å². The molecule has 0 unspecified atom stereocenters. The number of aryl methyl sites for hydroxylation is 1. The van der Waals surface area contributed by atoms with Gasteiger partial charge < -0.3 is 10.2 Å². The molecule has 1 N–H and O–H groups in total. The first kappa shape index (κ1) is 34.8. The maximum Gasteiger partial charge on any atom is 0.264 e. The molecule has 0 bridgehead atoms. The third-order valence-corrected chi connectivity index (χ3v) is 10.9. The van der Waals surface area contributed by atoms with Crippen LogP contribution in [0.15, 0.2) is 102 Å². The summed E-state index contributed by atoms with van der Waals surface area (Å²) in [5.74, 6) is -0.876. The van der Waals surface area contributed by atoms with E-state index in [0.717, 1.165) is 41.1 Å². The minimum atomic E-state index is -4.24. The summed E-state index contributed by atoms with van der Waals surface area (Å²) in [4.78, 5) is 30.2. The minimum absolute atomic E-state index is 0.00548. The van der Waals surface area contributed by atoms with Crippen molar-refractivity contribution in [1.82, 2.24) is 10.2 Å². The summed E-state index contributed by atoms with van der Waals surface area (Å²) >= 11 is 18.9. The monoisotopic (exact) mass is 711 g/mol. The van der Waals surface area contributed by atoms with Crippen LogP contribution in [0.4, 0.5) is 5.69 Å². The summed E-state index contributed by atoms with van der Waals surface area (Å²) in [6.07, 6.45) is 3.98.